The van der Waals surface area contributed by atoms with Gasteiger partial charge in [0.1, 0.15) is 6.54 Å². The van der Waals surface area contributed by atoms with Crippen LogP contribution in [0.3, 0.4) is 0 Å². The summed E-state index contributed by atoms with van der Waals surface area (Å²) in [6.45, 7) is 6.24. The lowest BCUT2D eigenvalue weighted by Gasteiger charge is -2.37. The normalized spacial score (nSPS) is 13.9. The number of carbonyl (C=O) groups is 1. The highest BCUT2D eigenvalue weighted by Crippen LogP contribution is 2.44. The molecule has 2 heterocycles. The van der Waals surface area contributed by atoms with Crippen molar-refractivity contribution in [1.82, 2.24) is 19.2 Å². The summed E-state index contributed by atoms with van der Waals surface area (Å²) in [6, 6.07) is 15.8. The number of nitrogens with one attached hydrogen (secondary N) is 1. The van der Waals surface area contributed by atoms with Gasteiger partial charge in [0.2, 0.25) is 11.7 Å². The Hall–Kier alpha value is -3.39. The van der Waals surface area contributed by atoms with Crippen LogP contribution in [0.4, 0.5) is 5.69 Å². The zero-order valence-electron chi connectivity index (χ0n) is 20.5. The molecule has 1 aliphatic carbocycles. The second kappa shape index (κ2) is 9.00. The van der Waals surface area contributed by atoms with E-state index in [-0.39, 0.29) is 23.4 Å². The maximum atomic E-state index is 14.1. The maximum absolute atomic E-state index is 14.1. The Morgan fingerprint density at radius 3 is 2.51 bits per heavy atom. The van der Waals surface area contributed by atoms with Crippen LogP contribution >= 0.6 is 11.8 Å². The van der Waals surface area contributed by atoms with Gasteiger partial charge in [-0.1, -0.05) is 67.6 Å². The minimum atomic E-state index is -0.282. The number of aryl methyl sites for hydroxylation is 1. The monoisotopic (exact) mass is 487 g/mol. The Balaban J connectivity index is 1.66. The first-order valence-corrected chi connectivity index (χ1v) is 13.2. The molecular formula is C27H29N5O2S. The summed E-state index contributed by atoms with van der Waals surface area (Å²) in [5.41, 5.74) is 5.14. The number of aromatic nitrogens is 4. The van der Waals surface area contributed by atoms with Gasteiger partial charge in [-0.15, -0.1) is 5.10 Å². The van der Waals surface area contributed by atoms with E-state index >= 15 is 0 Å². The molecule has 1 N–H and O–H groups in total. The second-order valence-electron chi connectivity index (χ2n) is 9.16. The number of rotatable bonds is 6. The van der Waals surface area contributed by atoms with Crippen LogP contribution in [0.1, 0.15) is 43.4 Å². The molecule has 0 unspecified atom stereocenters. The molecule has 5 rings (SSSR count). The van der Waals surface area contributed by atoms with E-state index in [1.165, 1.54) is 22.0 Å². The van der Waals surface area contributed by atoms with Crippen molar-refractivity contribution in [2.45, 2.75) is 57.1 Å². The van der Waals surface area contributed by atoms with Gasteiger partial charge in [-0.2, -0.15) is 0 Å². The third-order valence-electron chi connectivity index (χ3n) is 7.19. The van der Waals surface area contributed by atoms with Gasteiger partial charge in [-0.3, -0.25) is 9.59 Å². The Labute approximate surface area is 208 Å². The smallest absolute Gasteiger partial charge is 0.265 e. The highest BCUT2D eigenvalue weighted by Gasteiger charge is 2.40. The fraction of sp³-hybridized carbons (Fsp3) is 0.333. The van der Waals surface area contributed by atoms with Gasteiger partial charge >= 0.3 is 0 Å². The number of anilines is 1. The topological polar surface area (TPSA) is 81.3 Å². The lowest BCUT2D eigenvalue weighted by Crippen LogP contribution is -2.39. The standard InChI is InChI=1S/C27H29N5O2S/c1-5-27(6-2)15-18-9-7-8-10-20(18)23-22(27)24(34)32-25(29-23)31(30-26(32)35-4)16-21(33)28-19-13-11-17(3)12-14-19/h7-14H,5-6,15-16H2,1-4H3,(H,28,33). The molecule has 0 saturated heterocycles. The minimum Gasteiger partial charge on any atom is -0.324 e. The molecule has 0 spiro atoms. The van der Waals surface area contributed by atoms with Crippen molar-refractivity contribution in [3.05, 3.63) is 75.6 Å². The molecule has 0 aliphatic heterocycles. The molecule has 0 radical (unpaired) electrons. The SMILES string of the molecule is CCC1(CC)Cc2ccccc2-c2nc3n(CC(=O)Nc4ccc(C)cc4)nc(SC)n3c(=O)c21. The molecule has 0 bridgehead atoms. The van der Waals surface area contributed by atoms with Crippen molar-refractivity contribution in [3.63, 3.8) is 0 Å². The Bertz CT molecular complexity index is 1480. The quantitative estimate of drug-likeness (QED) is 0.394. The summed E-state index contributed by atoms with van der Waals surface area (Å²) in [5.74, 6) is 0.158. The Kier molecular flexibility index (Phi) is 6.01. The van der Waals surface area contributed by atoms with Crippen LogP contribution in [0, 0.1) is 6.92 Å². The first-order valence-electron chi connectivity index (χ1n) is 11.9. The van der Waals surface area contributed by atoms with Gasteiger partial charge in [0.25, 0.3) is 5.56 Å². The third kappa shape index (κ3) is 3.86. The van der Waals surface area contributed by atoms with Crippen molar-refractivity contribution >= 4 is 29.1 Å². The van der Waals surface area contributed by atoms with Crippen LogP contribution in [0.15, 0.2) is 58.5 Å². The first kappa shape index (κ1) is 23.4. The van der Waals surface area contributed by atoms with E-state index in [0.29, 0.717) is 22.3 Å². The van der Waals surface area contributed by atoms with Crippen LogP contribution in [-0.4, -0.2) is 31.3 Å². The van der Waals surface area contributed by atoms with Crippen molar-refractivity contribution in [2.75, 3.05) is 11.6 Å². The fourth-order valence-electron chi connectivity index (χ4n) is 5.14. The highest BCUT2D eigenvalue weighted by atomic mass is 32.2. The molecule has 0 fully saturated rings. The molecule has 7 nitrogen and oxygen atoms in total. The average Bonchev–Trinajstić information content (AvgIpc) is 3.22. The zero-order chi connectivity index (χ0) is 24.7. The molecule has 0 atom stereocenters. The Morgan fingerprint density at radius 2 is 1.83 bits per heavy atom. The Morgan fingerprint density at radius 1 is 1.11 bits per heavy atom. The summed E-state index contributed by atoms with van der Waals surface area (Å²) in [7, 11) is 0. The molecule has 1 amide bonds. The zero-order valence-corrected chi connectivity index (χ0v) is 21.3. The highest BCUT2D eigenvalue weighted by molar-refractivity contribution is 7.98. The fourth-order valence-corrected chi connectivity index (χ4v) is 5.67. The van der Waals surface area contributed by atoms with Crippen LogP contribution in [0.5, 0.6) is 0 Å². The van der Waals surface area contributed by atoms with Crippen molar-refractivity contribution < 1.29 is 4.79 Å². The van der Waals surface area contributed by atoms with E-state index in [2.05, 4.69) is 30.3 Å². The van der Waals surface area contributed by atoms with E-state index in [1.54, 1.807) is 4.40 Å². The predicted molar refractivity (Wildman–Crippen MR) is 140 cm³/mol. The predicted octanol–water partition coefficient (Wildman–Crippen LogP) is 4.84. The lowest BCUT2D eigenvalue weighted by molar-refractivity contribution is -0.116. The summed E-state index contributed by atoms with van der Waals surface area (Å²) in [6.07, 6.45) is 4.38. The van der Waals surface area contributed by atoms with E-state index in [0.717, 1.165) is 36.0 Å². The van der Waals surface area contributed by atoms with E-state index in [4.69, 9.17) is 4.98 Å². The number of hydrogen-bond acceptors (Lipinski definition) is 5. The van der Waals surface area contributed by atoms with E-state index in [1.807, 2.05) is 55.6 Å². The van der Waals surface area contributed by atoms with Gasteiger partial charge in [-0.25, -0.2) is 14.1 Å². The van der Waals surface area contributed by atoms with Gasteiger partial charge < -0.3 is 5.32 Å². The average molecular weight is 488 g/mol. The van der Waals surface area contributed by atoms with Crippen molar-refractivity contribution in [3.8, 4) is 11.3 Å². The molecule has 8 heteroatoms. The number of fused-ring (bicyclic) bond motifs is 4. The third-order valence-corrected chi connectivity index (χ3v) is 7.82. The number of hydrogen-bond donors (Lipinski definition) is 1. The summed E-state index contributed by atoms with van der Waals surface area (Å²) in [5, 5.41) is 8.05. The van der Waals surface area contributed by atoms with Crippen LogP contribution in [0.2, 0.25) is 0 Å². The molecule has 2 aromatic heterocycles. The molecular weight excluding hydrogens is 458 g/mol. The molecule has 180 valence electrons. The number of benzene rings is 2. The molecule has 35 heavy (non-hydrogen) atoms. The maximum Gasteiger partial charge on any atom is 0.265 e. The first-order chi connectivity index (χ1) is 16.9. The molecule has 2 aromatic carbocycles. The number of nitrogens with zero attached hydrogens (tertiary/aromatic N) is 4. The number of thioether (sulfide) groups is 1. The van der Waals surface area contributed by atoms with Crippen LogP contribution in [0.25, 0.3) is 17.0 Å². The molecule has 4 aromatic rings. The van der Waals surface area contributed by atoms with E-state index < -0.39 is 0 Å². The second-order valence-corrected chi connectivity index (χ2v) is 9.93. The van der Waals surface area contributed by atoms with Crippen LogP contribution in [-0.2, 0) is 23.2 Å². The molecule has 0 saturated carbocycles. The number of carbonyl (C=O) groups excluding carboxylic acids is 1. The summed E-state index contributed by atoms with van der Waals surface area (Å²) < 4.78 is 3.12. The number of amides is 1. The van der Waals surface area contributed by atoms with Gasteiger partial charge in [-0.05, 0) is 50.1 Å². The largest absolute Gasteiger partial charge is 0.324 e. The summed E-state index contributed by atoms with van der Waals surface area (Å²) >= 11 is 1.38. The van der Waals surface area contributed by atoms with Crippen molar-refractivity contribution in [2.24, 2.45) is 0 Å². The van der Waals surface area contributed by atoms with Gasteiger partial charge in [0, 0.05) is 16.7 Å². The van der Waals surface area contributed by atoms with Gasteiger partial charge in [0.05, 0.1) is 11.3 Å². The lowest BCUT2D eigenvalue weighted by atomic mass is 9.66. The minimum absolute atomic E-state index is 0.0441. The van der Waals surface area contributed by atoms with Crippen LogP contribution < -0.4 is 10.9 Å². The van der Waals surface area contributed by atoms with Gasteiger partial charge in [0.15, 0.2) is 5.16 Å². The molecule has 1 aliphatic rings. The van der Waals surface area contributed by atoms with Crippen molar-refractivity contribution in [1.29, 1.82) is 0 Å². The summed E-state index contributed by atoms with van der Waals surface area (Å²) in [4.78, 5) is 32.0. The van der Waals surface area contributed by atoms with E-state index in [9.17, 15) is 9.59 Å².